The molecule has 1 aromatic heterocycles. The van der Waals surface area contributed by atoms with E-state index in [2.05, 4.69) is 26.6 Å². The van der Waals surface area contributed by atoms with Gasteiger partial charge in [-0.15, -0.1) is 11.3 Å². The van der Waals surface area contributed by atoms with Crippen molar-refractivity contribution in [3.63, 3.8) is 0 Å². The van der Waals surface area contributed by atoms with Crippen molar-refractivity contribution in [1.29, 1.82) is 0 Å². The minimum atomic E-state index is -0.0123. The summed E-state index contributed by atoms with van der Waals surface area (Å²) in [6, 6.07) is 2.14. The Kier molecular flexibility index (Phi) is 5.28. The molecule has 0 spiro atoms. The van der Waals surface area contributed by atoms with Gasteiger partial charge in [0, 0.05) is 18.0 Å². The first kappa shape index (κ1) is 12.7. The summed E-state index contributed by atoms with van der Waals surface area (Å²) < 4.78 is 0.979. The highest BCUT2D eigenvalue weighted by Gasteiger charge is 2.08. The Bertz CT molecular complexity index is 327. The summed E-state index contributed by atoms with van der Waals surface area (Å²) in [5.41, 5.74) is 0.718. The van der Waals surface area contributed by atoms with Gasteiger partial charge in [-0.1, -0.05) is 6.92 Å². The summed E-state index contributed by atoms with van der Waals surface area (Å²) in [6.45, 7) is 5.67. The van der Waals surface area contributed by atoms with Crippen LogP contribution in [-0.2, 0) is 0 Å². The van der Waals surface area contributed by atoms with Crippen LogP contribution in [0.2, 0.25) is 0 Å². The number of rotatable bonds is 5. The number of amides is 1. The van der Waals surface area contributed by atoms with E-state index < -0.39 is 0 Å². The van der Waals surface area contributed by atoms with Crippen molar-refractivity contribution in [2.24, 2.45) is 0 Å². The Balaban J connectivity index is 2.36. The molecule has 0 fully saturated rings. The third-order valence-corrected chi connectivity index (χ3v) is 3.46. The third-order valence-electron chi connectivity index (χ3n) is 1.95. The molecule has 1 rings (SSSR count). The predicted octanol–water partition coefficient (Wildman–Crippen LogP) is 2.24. The SMILES string of the molecule is CCN[C@H](C)CNC(=O)c1csc(Br)c1. The Morgan fingerprint density at radius 3 is 2.93 bits per heavy atom. The van der Waals surface area contributed by atoms with Gasteiger partial charge in [-0.05, 0) is 35.5 Å². The van der Waals surface area contributed by atoms with Gasteiger partial charge in [0.05, 0.1) is 9.35 Å². The monoisotopic (exact) mass is 290 g/mol. The van der Waals surface area contributed by atoms with Crippen LogP contribution in [0.1, 0.15) is 24.2 Å². The summed E-state index contributed by atoms with van der Waals surface area (Å²) in [5, 5.41) is 7.96. The lowest BCUT2D eigenvalue weighted by atomic mass is 10.3. The van der Waals surface area contributed by atoms with Crippen LogP contribution in [0.4, 0.5) is 0 Å². The minimum Gasteiger partial charge on any atom is -0.350 e. The molecule has 5 heteroatoms. The lowest BCUT2D eigenvalue weighted by Gasteiger charge is -2.12. The van der Waals surface area contributed by atoms with E-state index in [4.69, 9.17) is 0 Å². The first-order valence-electron chi connectivity index (χ1n) is 4.89. The van der Waals surface area contributed by atoms with Crippen molar-refractivity contribution in [3.8, 4) is 0 Å². The summed E-state index contributed by atoms with van der Waals surface area (Å²) in [6.07, 6.45) is 0. The zero-order valence-electron chi connectivity index (χ0n) is 8.84. The largest absolute Gasteiger partial charge is 0.350 e. The van der Waals surface area contributed by atoms with Crippen LogP contribution in [0.3, 0.4) is 0 Å². The molecule has 15 heavy (non-hydrogen) atoms. The zero-order chi connectivity index (χ0) is 11.3. The lowest BCUT2D eigenvalue weighted by Crippen LogP contribution is -2.38. The maximum Gasteiger partial charge on any atom is 0.252 e. The van der Waals surface area contributed by atoms with Crippen LogP contribution in [0, 0.1) is 0 Å². The molecule has 0 saturated heterocycles. The van der Waals surface area contributed by atoms with E-state index in [0.29, 0.717) is 12.6 Å². The number of carbonyl (C=O) groups is 1. The molecule has 0 saturated carbocycles. The number of halogens is 1. The Morgan fingerprint density at radius 1 is 1.67 bits per heavy atom. The standard InChI is InChI=1S/C10H15BrN2OS/c1-3-12-7(2)5-13-10(14)8-4-9(11)15-6-8/h4,6-7,12H,3,5H2,1-2H3,(H,13,14)/t7-/m1/s1. The first-order valence-corrected chi connectivity index (χ1v) is 6.56. The fraction of sp³-hybridized carbons (Fsp3) is 0.500. The number of likely N-dealkylation sites (N-methyl/N-ethyl adjacent to an activating group) is 1. The van der Waals surface area contributed by atoms with E-state index in [1.54, 1.807) is 0 Å². The Morgan fingerprint density at radius 2 is 2.40 bits per heavy atom. The van der Waals surface area contributed by atoms with Crippen molar-refractivity contribution in [3.05, 3.63) is 20.8 Å². The fourth-order valence-electron chi connectivity index (χ4n) is 1.20. The predicted molar refractivity (Wildman–Crippen MR) is 67.5 cm³/mol. The molecule has 0 aliphatic heterocycles. The molecule has 0 radical (unpaired) electrons. The average molecular weight is 291 g/mol. The smallest absolute Gasteiger partial charge is 0.252 e. The highest BCUT2D eigenvalue weighted by molar-refractivity contribution is 9.11. The number of thiophene rings is 1. The molecule has 0 aliphatic rings. The molecule has 1 aromatic rings. The molecule has 0 unspecified atom stereocenters. The van der Waals surface area contributed by atoms with Crippen LogP contribution in [0.5, 0.6) is 0 Å². The molecule has 0 aromatic carbocycles. The van der Waals surface area contributed by atoms with E-state index in [0.717, 1.165) is 15.9 Å². The second-order valence-corrected chi connectivity index (χ2v) is 5.60. The van der Waals surface area contributed by atoms with Crippen LogP contribution in [0.25, 0.3) is 0 Å². The molecule has 2 N–H and O–H groups in total. The van der Waals surface area contributed by atoms with Gasteiger partial charge < -0.3 is 10.6 Å². The van der Waals surface area contributed by atoms with Crippen LogP contribution in [0.15, 0.2) is 15.2 Å². The van der Waals surface area contributed by atoms with Gasteiger partial charge in [0.2, 0.25) is 0 Å². The molecule has 1 atom stereocenters. The summed E-state index contributed by atoms with van der Waals surface area (Å²) in [4.78, 5) is 11.6. The van der Waals surface area contributed by atoms with Gasteiger partial charge in [-0.2, -0.15) is 0 Å². The van der Waals surface area contributed by atoms with Crippen molar-refractivity contribution in [2.75, 3.05) is 13.1 Å². The van der Waals surface area contributed by atoms with Gasteiger partial charge in [-0.3, -0.25) is 4.79 Å². The highest BCUT2D eigenvalue weighted by atomic mass is 79.9. The summed E-state index contributed by atoms with van der Waals surface area (Å²) in [5.74, 6) is -0.0123. The van der Waals surface area contributed by atoms with Crippen molar-refractivity contribution >= 4 is 33.2 Å². The number of hydrogen-bond acceptors (Lipinski definition) is 3. The van der Waals surface area contributed by atoms with E-state index in [1.165, 1.54) is 11.3 Å². The molecule has 3 nitrogen and oxygen atoms in total. The van der Waals surface area contributed by atoms with Crippen LogP contribution in [-0.4, -0.2) is 25.0 Å². The van der Waals surface area contributed by atoms with Gasteiger partial charge >= 0.3 is 0 Å². The Hall–Kier alpha value is -0.390. The quantitative estimate of drug-likeness (QED) is 0.873. The number of hydrogen-bond donors (Lipinski definition) is 2. The first-order chi connectivity index (χ1) is 7.13. The van der Waals surface area contributed by atoms with Crippen LogP contribution >= 0.6 is 27.3 Å². The average Bonchev–Trinajstić information content (AvgIpc) is 2.62. The highest BCUT2D eigenvalue weighted by Crippen LogP contribution is 2.20. The second-order valence-electron chi connectivity index (χ2n) is 3.31. The third kappa shape index (κ3) is 4.32. The molecular formula is C10H15BrN2OS. The maximum absolute atomic E-state index is 11.6. The number of nitrogens with one attached hydrogen (secondary N) is 2. The lowest BCUT2D eigenvalue weighted by molar-refractivity contribution is 0.0950. The molecule has 1 heterocycles. The van der Waals surface area contributed by atoms with Crippen LogP contribution < -0.4 is 10.6 Å². The fourth-order valence-corrected chi connectivity index (χ4v) is 2.33. The van der Waals surface area contributed by atoms with Gasteiger partial charge in [0.15, 0.2) is 0 Å². The maximum atomic E-state index is 11.6. The van der Waals surface area contributed by atoms with E-state index in [-0.39, 0.29) is 5.91 Å². The summed E-state index contributed by atoms with van der Waals surface area (Å²) >= 11 is 4.85. The summed E-state index contributed by atoms with van der Waals surface area (Å²) in [7, 11) is 0. The second kappa shape index (κ2) is 6.25. The molecule has 0 aliphatic carbocycles. The molecular weight excluding hydrogens is 276 g/mol. The van der Waals surface area contributed by atoms with E-state index >= 15 is 0 Å². The van der Waals surface area contributed by atoms with E-state index in [9.17, 15) is 4.79 Å². The molecule has 1 amide bonds. The van der Waals surface area contributed by atoms with E-state index in [1.807, 2.05) is 25.3 Å². The van der Waals surface area contributed by atoms with Crippen molar-refractivity contribution < 1.29 is 4.79 Å². The van der Waals surface area contributed by atoms with Gasteiger partial charge in [0.25, 0.3) is 5.91 Å². The van der Waals surface area contributed by atoms with Gasteiger partial charge in [0.1, 0.15) is 0 Å². The number of carbonyl (C=O) groups excluding carboxylic acids is 1. The van der Waals surface area contributed by atoms with Gasteiger partial charge in [-0.25, -0.2) is 0 Å². The topological polar surface area (TPSA) is 41.1 Å². The minimum absolute atomic E-state index is 0.0123. The van der Waals surface area contributed by atoms with Crippen molar-refractivity contribution in [2.45, 2.75) is 19.9 Å². The normalized spacial score (nSPS) is 12.5. The van der Waals surface area contributed by atoms with Crippen molar-refractivity contribution in [1.82, 2.24) is 10.6 Å². The molecule has 0 bridgehead atoms. The Labute approximate surface area is 102 Å². The zero-order valence-corrected chi connectivity index (χ0v) is 11.2. The molecule has 84 valence electrons.